The molecule has 6 nitrogen and oxygen atoms in total. The van der Waals surface area contributed by atoms with Crippen LogP contribution in [0.2, 0.25) is 0 Å². The average Bonchev–Trinajstić information content (AvgIpc) is 3.14. The molecule has 2 aromatic rings. The van der Waals surface area contributed by atoms with Gasteiger partial charge in [0.25, 0.3) is 0 Å². The van der Waals surface area contributed by atoms with Gasteiger partial charge in [0.15, 0.2) is 0 Å². The van der Waals surface area contributed by atoms with Crippen LogP contribution < -0.4 is 5.32 Å². The van der Waals surface area contributed by atoms with Crippen LogP contribution in [0.5, 0.6) is 0 Å². The summed E-state index contributed by atoms with van der Waals surface area (Å²) in [5.74, 6) is 1.43. The molecular formula is C14H20N4O2S2. The fourth-order valence-corrected chi connectivity index (χ4v) is 4.61. The van der Waals surface area contributed by atoms with Gasteiger partial charge < -0.3 is 10.3 Å². The maximum absolute atomic E-state index is 11.7. The lowest BCUT2D eigenvalue weighted by Gasteiger charge is -2.38. The van der Waals surface area contributed by atoms with Gasteiger partial charge in [-0.25, -0.2) is 17.7 Å². The second-order valence-corrected chi connectivity index (χ2v) is 8.65. The highest BCUT2D eigenvalue weighted by Crippen LogP contribution is 2.25. The van der Waals surface area contributed by atoms with Crippen molar-refractivity contribution in [1.29, 1.82) is 0 Å². The van der Waals surface area contributed by atoms with Crippen LogP contribution in [0.3, 0.4) is 0 Å². The lowest BCUT2D eigenvalue weighted by atomic mass is 10.0. The third-order valence-corrected chi connectivity index (χ3v) is 6.66. The van der Waals surface area contributed by atoms with Crippen LogP contribution in [0, 0.1) is 5.92 Å². The van der Waals surface area contributed by atoms with Crippen LogP contribution in [-0.4, -0.2) is 48.1 Å². The SMILES string of the molecule is CCS(=O)(=O)N1CC(CNC(c2ncc[nH]2)c2cccs2)C1. The van der Waals surface area contributed by atoms with Crippen LogP contribution in [0.25, 0.3) is 0 Å². The number of hydrogen-bond donors (Lipinski definition) is 2. The van der Waals surface area contributed by atoms with E-state index in [-0.39, 0.29) is 11.8 Å². The highest BCUT2D eigenvalue weighted by atomic mass is 32.2. The number of nitrogens with one attached hydrogen (secondary N) is 2. The maximum Gasteiger partial charge on any atom is 0.213 e. The molecular weight excluding hydrogens is 320 g/mol. The normalized spacial score (nSPS) is 18.2. The Labute approximate surface area is 134 Å². The molecule has 1 atom stereocenters. The summed E-state index contributed by atoms with van der Waals surface area (Å²) >= 11 is 1.69. The summed E-state index contributed by atoms with van der Waals surface area (Å²) in [4.78, 5) is 8.70. The van der Waals surface area contributed by atoms with Gasteiger partial charge in [-0.2, -0.15) is 0 Å². The van der Waals surface area contributed by atoms with Gasteiger partial charge in [-0.15, -0.1) is 11.3 Å². The second-order valence-electron chi connectivity index (χ2n) is 5.41. The number of aromatic amines is 1. The summed E-state index contributed by atoms with van der Waals surface area (Å²) in [7, 11) is -3.03. The zero-order valence-corrected chi connectivity index (χ0v) is 14.0. The number of thiophene rings is 1. The molecule has 3 heterocycles. The molecule has 1 unspecified atom stereocenters. The standard InChI is InChI=1S/C14H20N4O2S2/c1-2-22(19,20)18-9-11(10-18)8-17-13(12-4-3-7-21-12)14-15-5-6-16-14/h3-7,11,13,17H,2,8-10H2,1H3,(H,15,16). The first kappa shape index (κ1) is 15.7. The van der Waals surface area contributed by atoms with Crippen molar-refractivity contribution in [2.75, 3.05) is 25.4 Å². The second kappa shape index (κ2) is 6.49. The van der Waals surface area contributed by atoms with Crippen LogP contribution >= 0.6 is 11.3 Å². The van der Waals surface area contributed by atoms with Gasteiger partial charge in [-0.3, -0.25) is 0 Å². The molecule has 8 heteroatoms. The number of sulfonamides is 1. The largest absolute Gasteiger partial charge is 0.347 e. The Morgan fingerprint density at radius 1 is 1.55 bits per heavy atom. The van der Waals surface area contributed by atoms with Crippen LogP contribution in [0.4, 0.5) is 0 Å². The first-order valence-electron chi connectivity index (χ1n) is 7.34. The fraction of sp³-hybridized carbons (Fsp3) is 0.500. The van der Waals surface area contributed by atoms with E-state index in [1.54, 1.807) is 28.8 Å². The molecule has 1 aliphatic heterocycles. The van der Waals surface area contributed by atoms with E-state index < -0.39 is 10.0 Å². The Kier molecular flexibility index (Phi) is 4.62. The molecule has 0 amide bonds. The summed E-state index contributed by atoms with van der Waals surface area (Å²) in [5.41, 5.74) is 0. The fourth-order valence-electron chi connectivity index (χ4n) is 2.57. The summed E-state index contributed by atoms with van der Waals surface area (Å²) in [6, 6.07) is 4.14. The number of imidazole rings is 1. The molecule has 22 heavy (non-hydrogen) atoms. The summed E-state index contributed by atoms with van der Waals surface area (Å²) in [6.45, 7) is 3.68. The summed E-state index contributed by atoms with van der Waals surface area (Å²) in [6.07, 6.45) is 3.56. The summed E-state index contributed by atoms with van der Waals surface area (Å²) in [5, 5.41) is 5.56. The predicted molar refractivity (Wildman–Crippen MR) is 87.3 cm³/mol. The third-order valence-electron chi connectivity index (χ3n) is 3.91. The minimum atomic E-state index is -3.03. The number of hydrogen-bond acceptors (Lipinski definition) is 5. The quantitative estimate of drug-likeness (QED) is 0.799. The van der Waals surface area contributed by atoms with E-state index in [0.29, 0.717) is 19.0 Å². The van der Waals surface area contributed by atoms with Crippen LogP contribution in [0.1, 0.15) is 23.7 Å². The van der Waals surface area contributed by atoms with Gasteiger partial charge in [0.05, 0.1) is 5.75 Å². The molecule has 1 fully saturated rings. The molecule has 3 rings (SSSR count). The van der Waals surface area contributed by atoms with E-state index in [1.807, 2.05) is 17.6 Å². The monoisotopic (exact) mass is 340 g/mol. The molecule has 0 radical (unpaired) electrons. The molecule has 1 aliphatic rings. The average molecular weight is 340 g/mol. The van der Waals surface area contributed by atoms with E-state index in [1.165, 1.54) is 4.88 Å². The molecule has 0 spiro atoms. The zero-order chi connectivity index (χ0) is 15.6. The van der Waals surface area contributed by atoms with Crippen LogP contribution in [-0.2, 0) is 10.0 Å². The third kappa shape index (κ3) is 3.24. The van der Waals surface area contributed by atoms with Crippen molar-refractivity contribution in [2.45, 2.75) is 13.0 Å². The van der Waals surface area contributed by atoms with Crippen molar-refractivity contribution >= 4 is 21.4 Å². The van der Waals surface area contributed by atoms with Crippen molar-refractivity contribution in [3.63, 3.8) is 0 Å². The molecule has 0 aromatic carbocycles. The minimum absolute atomic E-state index is 0.0341. The molecule has 120 valence electrons. The number of rotatable bonds is 7. The predicted octanol–water partition coefficient (Wildman–Crippen LogP) is 1.43. The van der Waals surface area contributed by atoms with Crippen molar-refractivity contribution in [3.05, 3.63) is 40.6 Å². The van der Waals surface area contributed by atoms with Crippen molar-refractivity contribution in [2.24, 2.45) is 5.92 Å². The van der Waals surface area contributed by atoms with Gasteiger partial charge in [-0.05, 0) is 24.3 Å². The Balaban J connectivity index is 1.58. The highest BCUT2D eigenvalue weighted by molar-refractivity contribution is 7.89. The van der Waals surface area contributed by atoms with Gasteiger partial charge in [-0.1, -0.05) is 6.07 Å². The smallest absolute Gasteiger partial charge is 0.213 e. The Hall–Kier alpha value is -1.22. The molecule has 0 saturated carbocycles. The van der Waals surface area contributed by atoms with Crippen molar-refractivity contribution in [1.82, 2.24) is 19.6 Å². The van der Waals surface area contributed by atoms with Crippen molar-refractivity contribution < 1.29 is 8.42 Å². The maximum atomic E-state index is 11.7. The molecule has 1 saturated heterocycles. The lowest BCUT2D eigenvalue weighted by molar-refractivity contribution is 0.193. The van der Waals surface area contributed by atoms with Crippen LogP contribution in [0.15, 0.2) is 29.9 Å². The number of H-pyrrole nitrogens is 1. The minimum Gasteiger partial charge on any atom is -0.347 e. The van der Waals surface area contributed by atoms with Gasteiger partial charge in [0.1, 0.15) is 11.9 Å². The summed E-state index contributed by atoms with van der Waals surface area (Å²) < 4.78 is 25.0. The topological polar surface area (TPSA) is 78.1 Å². The number of nitrogens with zero attached hydrogens (tertiary/aromatic N) is 2. The first-order chi connectivity index (χ1) is 10.6. The van der Waals surface area contributed by atoms with E-state index >= 15 is 0 Å². The molecule has 0 aliphatic carbocycles. The molecule has 2 aromatic heterocycles. The Morgan fingerprint density at radius 2 is 2.36 bits per heavy atom. The van der Waals surface area contributed by atoms with Crippen molar-refractivity contribution in [3.8, 4) is 0 Å². The van der Waals surface area contributed by atoms with E-state index in [4.69, 9.17) is 0 Å². The lowest BCUT2D eigenvalue weighted by Crippen LogP contribution is -2.53. The van der Waals surface area contributed by atoms with E-state index in [2.05, 4.69) is 21.4 Å². The van der Waals surface area contributed by atoms with Gasteiger partial charge in [0, 0.05) is 36.9 Å². The molecule has 2 N–H and O–H groups in total. The van der Waals surface area contributed by atoms with Gasteiger partial charge in [0.2, 0.25) is 10.0 Å². The van der Waals surface area contributed by atoms with E-state index in [0.717, 1.165) is 12.4 Å². The Morgan fingerprint density at radius 3 is 2.95 bits per heavy atom. The first-order valence-corrected chi connectivity index (χ1v) is 9.83. The number of aromatic nitrogens is 2. The molecule has 0 bridgehead atoms. The Bertz CT molecular complexity index is 642. The highest BCUT2D eigenvalue weighted by Gasteiger charge is 2.34. The van der Waals surface area contributed by atoms with E-state index in [9.17, 15) is 8.42 Å². The zero-order valence-electron chi connectivity index (χ0n) is 12.4. The van der Waals surface area contributed by atoms with Gasteiger partial charge >= 0.3 is 0 Å².